The van der Waals surface area contributed by atoms with E-state index < -0.39 is 15.9 Å². The van der Waals surface area contributed by atoms with Gasteiger partial charge in [-0.3, -0.25) is 4.79 Å². The third-order valence-corrected chi connectivity index (χ3v) is 4.54. The van der Waals surface area contributed by atoms with Gasteiger partial charge in [-0.2, -0.15) is 0 Å². The van der Waals surface area contributed by atoms with E-state index in [2.05, 4.69) is 0 Å². The van der Waals surface area contributed by atoms with Gasteiger partial charge in [0.05, 0.1) is 5.92 Å². The summed E-state index contributed by atoms with van der Waals surface area (Å²) in [4.78, 5) is 11.4. The summed E-state index contributed by atoms with van der Waals surface area (Å²) in [7, 11) is -3.77. The molecule has 0 saturated carbocycles. The van der Waals surface area contributed by atoms with Crippen molar-refractivity contribution in [3.05, 3.63) is 34.1 Å². The molecule has 0 amide bonds. The van der Waals surface area contributed by atoms with Crippen molar-refractivity contribution in [2.24, 2.45) is 11.1 Å². The third kappa shape index (κ3) is 1.45. The van der Waals surface area contributed by atoms with Crippen molar-refractivity contribution in [3.8, 4) is 0 Å². The van der Waals surface area contributed by atoms with Crippen LogP contribution >= 0.6 is 11.8 Å². The highest BCUT2D eigenvalue weighted by Crippen LogP contribution is 2.41. The summed E-state index contributed by atoms with van der Waals surface area (Å²) in [5, 5.41) is 4.80. The smallest absolute Gasteiger partial charge is 0.244 e. The number of carbonyl (C=O) groups excluding carboxylic acids is 1. The van der Waals surface area contributed by atoms with Gasteiger partial charge in [-0.05, 0) is 17.3 Å². The summed E-state index contributed by atoms with van der Waals surface area (Å²) >= 11 is 0.703. The zero-order valence-electron chi connectivity index (χ0n) is 7.01. The first-order valence-electron chi connectivity index (χ1n) is 3.83. The van der Waals surface area contributed by atoms with E-state index in [1.165, 1.54) is 0 Å². The van der Waals surface area contributed by atoms with Crippen LogP contribution in [0.5, 0.6) is 0 Å². The summed E-state index contributed by atoms with van der Waals surface area (Å²) < 4.78 is 22.2. The Balaban J connectivity index is 2.58. The van der Waals surface area contributed by atoms with Gasteiger partial charge in [0.1, 0.15) is 4.24 Å². The summed E-state index contributed by atoms with van der Waals surface area (Å²) in [6.45, 7) is 0. The van der Waals surface area contributed by atoms with Gasteiger partial charge in [-0.1, -0.05) is 24.3 Å². The second-order valence-electron chi connectivity index (χ2n) is 2.93. The molecule has 2 N–H and O–H groups in total. The molecule has 1 aliphatic heterocycles. The first-order chi connectivity index (χ1) is 6.50. The normalized spacial score (nSPS) is 25.8. The molecule has 1 unspecified atom stereocenters. The lowest BCUT2D eigenvalue weighted by atomic mass is 9.98. The van der Waals surface area contributed by atoms with E-state index in [0.717, 1.165) is 0 Å². The van der Waals surface area contributed by atoms with Crippen LogP contribution in [0.25, 0.3) is 0 Å². The number of hydrogen-bond donors (Lipinski definition) is 1. The van der Waals surface area contributed by atoms with Crippen LogP contribution < -0.4 is 5.14 Å². The van der Waals surface area contributed by atoms with Crippen molar-refractivity contribution in [3.63, 3.8) is 0 Å². The van der Waals surface area contributed by atoms with E-state index >= 15 is 0 Å². The van der Waals surface area contributed by atoms with E-state index in [-0.39, 0.29) is 9.35 Å². The molecule has 0 fully saturated rings. The van der Waals surface area contributed by atoms with Crippen molar-refractivity contribution in [2.45, 2.75) is 0 Å². The van der Waals surface area contributed by atoms with Crippen molar-refractivity contribution >= 4 is 26.9 Å². The van der Waals surface area contributed by atoms with Gasteiger partial charge >= 0.3 is 0 Å². The number of carbonyl (C=O) groups is 1. The Morgan fingerprint density at radius 2 is 2.07 bits per heavy atom. The Labute approximate surface area is 85.6 Å². The van der Waals surface area contributed by atoms with E-state index in [4.69, 9.17) is 5.14 Å². The first kappa shape index (κ1) is 9.70. The maximum absolute atomic E-state index is 11.4. The third-order valence-electron chi connectivity index (χ3n) is 1.97. The zero-order chi connectivity index (χ0) is 10.3. The quantitative estimate of drug-likeness (QED) is 0.710. The number of rotatable bonds is 1. The summed E-state index contributed by atoms with van der Waals surface area (Å²) in [5.41, 5.74) is 0.491. The summed E-state index contributed by atoms with van der Waals surface area (Å²) in [6, 6.07) is 0. The highest BCUT2D eigenvalue weighted by Gasteiger charge is 2.36. The standard InChI is InChI=1S/C8H7NO3S2/c9-14(11,12)8-6-4-2-1-3-5(6)7(10)13-8/h1-5H,(H2,9,11,12). The number of hydrogen-bond acceptors (Lipinski definition) is 4. The Morgan fingerprint density at radius 3 is 2.71 bits per heavy atom. The second-order valence-corrected chi connectivity index (χ2v) is 5.70. The van der Waals surface area contributed by atoms with E-state index in [1.807, 2.05) is 0 Å². The SMILES string of the molecule is NS(=O)(=O)C1=C2C=CC=CC2C(=O)S1. The van der Waals surface area contributed by atoms with Gasteiger partial charge in [0.2, 0.25) is 15.1 Å². The highest BCUT2D eigenvalue weighted by molar-refractivity contribution is 8.27. The Morgan fingerprint density at radius 1 is 1.36 bits per heavy atom. The molecule has 14 heavy (non-hydrogen) atoms. The minimum atomic E-state index is -3.77. The predicted octanol–water partition coefficient (Wildman–Crippen LogP) is 0.502. The van der Waals surface area contributed by atoms with Gasteiger partial charge in [-0.25, -0.2) is 13.6 Å². The van der Waals surface area contributed by atoms with Gasteiger partial charge in [0.15, 0.2) is 0 Å². The number of fused-ring (bicyclic) bond motifs is 1. The number of primary sulfonamides is 1. The fraction of sp³-hybridized carbons (Fsp3) is 0.125. The molecule has 0 radical (unpaired) electrons. The molecule has 2 rings (SSSR count). The molecule has 0 aromatic carbocycles. The molecule has 0 aromatic rings. The molecule has 0 spiro atoms. The van der Waals surface area contributed by atoms with E-state index in [1.54, 1.807) is 24.3 Å². The Kier molecular flexibility index (Phi) is 2.13. The van der Waals surface area contributed by atoms with Crippen molar-refractivity contribution < 1.29 is 13.2 Å². The second kappa shape index (κ2) is 3.08. The average Bonchev–Trinajstić information content (AvgIpc) is 2.44. The number of nitrogens with two attached hydrogens (primary N) is 1. The maximum atomic E-state index is 11.4. The number of allylic oxidation sites excluding steroid dienone is 5. The lowest BCUT2D eigenvalue weighted by Crippen LogP contribution is -2.13. The topological polar surface area (TPSA) is 77.2 Å². The Hall–Kier alpha value is -0.850. The largest absolute Gasteiger partial charge is 0.286 e. The highest BCUT2D eigenvalue weighted by atomic mass is 32.3. The van der Waals surface area contributed by atoms with E-state index in [0.29, 0.717) is 17.3 Å². The molecule has 74 valence electrons. The van der Waals surface area contributed by atoms with E-state index in [9.17, 15) is 13.2 Å². The minimum absolute atomic E-state index is 0.0203. The monoisotopic (exact) mass is 229 g/mol. The Bertz CT molecular complexity index is 485. The molecule has 4 nitrogen and oxygen atoms in total. The molecule has 1 heterocycles. The molecular weight excluding hydrogens is 222 g/mol. The first-order valence-corrected chi connectivity index (χ1v) is 6.20. The molecule has 2 aliphatic rings. The lowest BCUT2D eigenvalue weighted by Gasteiger charge is -2.06. The minimum Gasteiger partial charge on any atom is -0.286 e. The zero-order valence-corrected chi connectivity index (χ0v) is 8.64. The maximum Gasteiger partial charge on any atom is 0.244 e. The van der Waals surface area contributed by atoms with Crippen LogP contribution in [0.15, 0.2) is 34.1 Å². The number of thioether (sulfide) groups is 1. The predicted molar refractivity (Wildman–Crippen MR) is 54.5 cm³/mol. The average molecular weight is 229 g/mol. The fourth-order valence-corrected chi connectivity index (χ4v) is 3.44. The lowest BCUT2D eigenvalue weighted by molar-refractivity contribution is -0.112. The van der Waals surface area contributed by atoms with Gasteiger partial charge in [0.25, 0.3) is 0 Å². The molecule has 1 atom stereocenters. The van der Waals surface area contributed by atoms with Crippen LogP contribution in [-0.2, 0) is 14.8 Å². The fourth-order valence-electron chi connectivity index (χ4n) is 1.38. The molecule has 6 heteroatoms. The summed E-state index contributed by atoms with van der Waals surface area (Å²) in [6.07, 6.45) is 6.69. The van der Waals surface area contributed by atoms with Crippen LogP contribution in [0, 0.1) is 5.92 Å². The molecule has 0 saturated heterocycles. The number of sulfonamides is 1. The van der Waals surface area contributed by atoms with Crippen LogP contribution in [0.3, 0.4) is 0 Å². The summed E-state index contributed by atoms with van der Waals surface area (Å²) in [5.74, 6) is -0.446. The molecular formula is C8H7NO3S2. The van der Waals surface area contributed by atoms with Gasteiger partial charge in [-0.15, -0.1) is 0 Å². The van der Waals surface area contributed by atoms with Crippen molar-refractivity contribution in [1.29, 1.82) is 0 Å². The van der Waals surface area contributed by atoms with Crippen molar-refractivity contribution in [2.75, 3.05) is 0 Å². The molecule has 0 bridgehead atoms. The van der Waals surface area contributed by atoms with Crippen LogP contribution in [-0.4, -0.2) is 13.5 Å². The van der Waals surface area contributed by atoms with Gasteiger partial charge < -0.3 is 0 Å². The van der Waals surface area contributed by atoms with Gasteiger partial charge in [0, 0.05) is 0 Å². The molecule has 1 aliphatic carbocycles. The molecule has 0 aromatic heterocycles. The van der Waals surface area contributed by atoms with Crippen LogP contribution in [0.2, 0.25) is 0 Å². The van der Waals surface area contributed by atoms with Crippen LogP contribution in [0.1, 0.15) is 0 Å². The van der Waals surface area contributed by atoms with Crippen molar-refractivity contribution in [1.82, 2.24) is 0 Å². The van der Waals surface area contributed by atoms with Crippen LogP contribution in [0.4, 0.5) is 0 Å².